The summed E-state index contributed by atoms with van der Waals surface area (Å²) in [6.07, 6.45) is 7.85. The second-order valence-corrected chi connectivity index (χ2v) is 7.69. The summed E-state index contributed by atoms with van der Waals surface area (Å²) in [7, 11) is 1.54. The predicted molar refractivity (Wildman–Crippen MR) is 106 cm³/mol. The maximum absolute atomic E-state index is 12.9. The highest BCUT2D eigenvalue weighted by atomic mass is 32.1. The SMILES string of the molecule is CCc1c(C(=O)Nc2nc3c(s2)CCCCC3)cnn1-c1ccc(OC)nn1. The average molecular weight is 398 g/mol. The first kappa shape index (κ1) is 18.5. The first-order valence-electron chi connectivity index (χ1n) is 9.44. The molecular formula is C19H22N6O2S. The van der Waals surface area contributed by atoms with Gasteiger partial charge in [0.15, 0.2) is 10.9 Å². The Morgan fingerprint density at radius 3 is 2.86 bits per heavy atom. The molecule has 1 aliphatic rings. The topological polar surface area (TPSA) is 94.8 Å². The van der Waals surface area contributed by atoms with Crippen LogP contribution >= 0.6 is 11.3 Å². The third kappa shape index (κ3) is 3.62. The number of hydrogen-bond donors (Lipinski definition) is 1. The van der Waals surface area contributed by atoms with Crippen LogP contribution in [0.3, 0.4) is 0 Å². The fourth-order valence-corrected chi connectivity index (χ4v) is 4.43. The Morgan fingerprint density at radius 1 is 1.25 bits per heavy atom. The molecular weight excluding hydrogens is 376 g/mol. The molecule has 146 valence electrons. The number of methoxy groups -OCH3 is 1. The molecule has 0 aromatic carbocycles. The second-order valence-electron chi connectivity index (χ2n) is 6.61. The zero-order valence-electron chi connectivity index (χ0n) is 15.9. The van der Waals surface area contributed by atoms with Gasteiger partial charge in [0, 0.05) is 10.9 Å². The van der Waals surface area contributed by atoms with E-state index >= 15 is 0 Å². The molecule has 0 fully saturated rings. The van der Waals surface area contributed by atoms with Crippen LogP contribution in [0.25, 0.3) is 5.82 Å². The Hall–Kier alpha value is -2.81. The maximum atomic E-state index is 12.9. The van der Waals surface area contributed by atoms with Gasteiger partial charge in [-0.15, -0.1) is 21.5 Å². The van der Waals surface area contributed by atoms with Crippen LogP contribution in [0, 0.1) is 0 Å². The number of aromatic nitrogens is 5. The van der Waals surface area contributed by atoms with Crippen molar-refractivity contribution in [2.75, 3.05) is 12.4 Å². The van der Waals surface area contributed by atoms with E-state index in [9.17, 15) is 4.79 Å². The number of carbonyl (C=O) groups excluding carboxylic acids is 1. The summed E-state index contributed by atoms with van der Waals surface area (Å²) in [6, 6.07) is 3.48. The molecule has 3 heterocycles. The number of rotatable bonds is 5. The predicted octanol–water partition coefficient (Wildman–Crippen LogP) is 3.21. The van der Waals surface area contributed by atoms with Gasteiger partial charge >= 0.3 is 0 Å². The fourth-order valence-electron chi connectivity index (χ4n) is 3.38. The van der Waals surface area contributed by atoms with Gasteiger partial charge in [0.1, 0.15) is 0 Å². The number of hydrogen-bond acceptors (Lipinski definition) is 7. The van der Waals surface area contributed by atoms with Gasteiger partial charge in [-0.25, -0.2) is 9.67 Å². The third-order valence-electron chi connectivity index (χ3n) is 4.82. The van der Waals surface area contributed by atoms with Crippen molar-refractivity contribution in [1.29, 1.82) is 0 Å². The van der Waals surface area contributed by atoms with E-state index < -0.39 is 0 Å². The van der Waals surface area contributed by atoms with Crippen LogP contribution in [0.1, 0.15) is 52.8 Å². The Morgan fingerprint density at radius 2 is 2.11 bits per heavy atom. The number of nitrogens with zero attached hydrogens (tertiary/aromatic N) is 5. The van der Waals surface area contributed by atoms with Crippen molar-refractivity contribution in [3.8, 4) is 11.7 Å². The molecule has 1 N–H and O–H groups in total. The minimum atomic E-state index is -0.200. The lowest BCUT2D eigenvalue weighted by Crippen LogP contribution is -2.14. The van der Waals surface area contributed by atoms with Gasteiger partial charge in [-0.05, 0) is 38.2 Å². The molecule has 8 nitrogen and oxygen atoms in total. The number of ether oxygens (including phenoxy) is 1. The van der Waals surface area contributed by atoms with E-state index in [-0.39, 0.29) is 5.91 Å². The van der Waals surface area contributed by atoms with E-state index in [1.165, 1.54) is 31.2 Å². The largest absolute Gasteiger partial charge is 0.480 e. The summed E-state index contributed by atoms with van der Waals surface area (Å²) < 4.78 is 6.68. The Kier molecular flexibility index (Phi) is 5.34. The van der Waals surface area contributed by atoms with Crippen LogP contribution in [-0.2, 0) is 19.3 Å². The van der Waals surface area contributed by atoms with E-state index in [1.54, 1.807) is 34.3 Å². The molecule has 0 saturated heterocycles. The zero-order chi connectivity index (χ0) is 19.5. The van der Waals surface area contributed by atoms with Crippen LogP contribution in [0.5, 0.6) is 5.88 Å². The molecule has 0 bridgehead atoms. The number of amides is 1. The van der Waals surface area contributed by atoms with Crippen LogP contribution in [0.4, 0.5) is 5.13 Å². The van der Waals surface area contributed by atoms with Gasteiger partial charge in [0.25, 0.3) is 5.91 Å². The second kappa shape index (κ2) is 8.05. The van der Waals surface area contributed by atoms with E-state index in [1.807, 2.05) is 6.92 Å². The van der Waals surface area contributed by atoms with Crippen molar-refractivity contribution in [2.45, 2.75) is 45.4 Å². The van der Waals surface area contributed by atoms with E-state index in [0.29, 0.717) is 28.8 Å². The molecule has 1 aliphatic carbocycles. The van der Waals surface area contributed by atoms with E-state index in [4.69, 9.17) is 4.74 Å². The normalized spacial score (nSPS) is 13.6. The van der Waals surface area contributed by atoms with Crippen LogP contribution < -0.4 is 10.1 Å². The molecule has 9 heteroatoms. The molecule has 0 spiro atoms. The van der Waals surface area contributed by atoms with Crippen molar-refractivity contribution in [2.24, 2.45) is 0 Å². The highest BCUT2D eigenvalue weighted by Gasteiger charge is 2.21. The smallest absolute Gasteiger partial charge is 0.260 e. The van der Waals surface area contributed by atoms with Gasteiger partial charge in [0.05, 0.1) is 30.3 Å². The monoisotopic (exact) mass is 398 g/mol. The Labute approximate surface area is 167 Å². The third-order valence-corrected chi connectivity index (χ3v) is 5.89. The number of anilines is 1. The number of thiazole rings is 1. The van der Waals surface area contributed by atoms with Gasteiger partial charge in [-0.3, -0.25) is 10.1 Å². The Balaban J connectivity index is 1.57. The summed E-state index contributed by atoms with van der Waals surface area (Å²) in [6.45, 7) is 1.98. The minimum absolute atomic E-state index is 0.200. The summed E-state index contributed by atoms with van der Waals surface area (Å²) >= 11 is 1.59. The van der Waals surface area contributed by atoms with Crippen LogP contribution in [0.2, 0.25) is 0 Å². The molecule has 28 heavy (non-hydrogen) atoms. The minimum Gasteiger partial charge on any atom is -0.480 e. The highest BCUT2D eigenvalue weighted by Crippen LogP contribution is 2.29. The number of nitrogens with one attached hydrogen (secondary N) is 1. The van der Waals surface area contributed by atoms with E-state index in [0.717, 1.165) is 24.2 Å². The van der Waals surface area contributed by atoms with Crippen LogP contribution in [-0.4, -0.2) is 38.0 Å². The number of aryl methyl sites for hydroxylation is 2. The summed E-state index contributed by atoms with van der Waals surface area (Å²) in [5, 5.41) is 16.1. The molecule has 0 saturated carbocycles. The maximum Gasteiger partial charge on any atom is 0.260 e. The van der Waals surface area contributed by atoms with Crippen molar-refractivity contribution in [3.63, 3.8) is 0 Å². The first-order chi connectivity index (χ1) is 13.7. The standard InChI is InChI=1S/C19H22N6O2S/c1-3-14-12(11-20-25(14)16-9-10-17(27-2)24-23-16)18(26)22-19-21-13-7-5-4-6-8-15(13)28-19/h9-11H,3-8H2,1-2H3,(H,21,22,26). The molecule has 0 atom stereocenters. The zero-order valence-corrected chi connectivity index (χ0v) is 16.8. The molecule has 4 rings (SSSR count). The molecule has 3 aromatic heterocycles. The van der Waals surface area contributed by atoms with Gasteiger partial charge in [0.2, 0.25) is 5.88 Å². The summed E-state index contributed by atoms with van der Waals surface area (Å²) in [5.41, 5.74) is 2.43. The number of carbonyl (C=O) groups is 1. The Bertz CT molecular complexity index is 955. The van der Waals surface area contributed by atoms with Gasteiger partial charge in [-0.1, -0.05) is 13.3 Å². The lowest BCUT2D eigenvalue weighted by molar-refractivity contribution is 0.102. The summed E-state index contributed by atoms with van der Waals surface area (Å²) in [4.78, 5) is 18.8. The average Bonchev–Trinajstić information content (AvgIpc) is 3.25. The lowest BCUT2D eigenvalue weighted by atomic mass is 10.2. The van der Waals surface area contributed by atoms with Crippen molar-refractivity contribution in [1.82, 2.24) is 25.0 Å². The van der Waals surface area contributed by atoms with Crippen molar-refractivity contribution < 1.29 is 9.53 Å². The molecule has 3 aromatic rings. The van der Waals surface area contributed by atoms with Crippen molar-refractivity contribution in [3.05, 3.63) is 40.2 Å². The molecule has 0 radical (unpaired) electrons. The summed E-state index contributed by atoms with van der Waals surface area (Å²) in [5.74, 6) is 0.765. The quantitative estimate of drug-likeness (QED) is 0.663. The van der Waals surface area contributed by atoms with Crippen LogP contribution in [0.15, 0.2) is 18.3 Å². The van der Waals surface area contributed by atoms with Gasteiger partial charge in [-0.2, -0.15) is 5.10 Å². The van der Waals surface area contributed by atoms with E-state index in [2.05, 4.69) is 25.6 Å². The molecule has 0 aliphatic heterocycles. The highest BCUT2D eigenvalue weighted by molar-refractivity contribution is 7.15. The van der Waals surface area contributed by atoms with Crippen molar-refractivity contribution >= 4 is 22.4 Å². The molecule has 1 amide bonds. The number of fused-ring (bicyclic) bond motifs is 1. The fraction of sp³-hybridized carbons (Fsp3) is 0.421. The first-order valence-corrected chi connectivity index (χ1v) is 10.3. The lowest BCUT2D eigenvalue weighted by Gasteiger charge is -2.07. The molecule has 0 unspecified atom stereocenters. The van der Waals surface area contributed by atoms with Gasteiger partial charge < -0.3 is 4.74 Å².